The van der Waals surface area contributed by atoms with Gasteiger partial charge in [-0.2, -0.15) is 0 Å². The van der Waals surface area contributed by atoms with E-state index in [1.165, 1.54) is 0 Å². The number of hydrogen-bond acceptors (Lipinski definition) is 3. The number of benzene rings is 1. The van der Waals surface area contributed by atoms with Gasteiger partial charge in [0, 0.05) is 11.0 Å². The number of nitrogens with zero attached hydrogens (tertiary/aromatic N) is 1. The molecule has 1 unspecified atom stereocenters. The van der Waals surface area contributed by atoms with Gasteiger partial charge in [-0.15, -0.1) is 0 Å². The number of ether oxygens (including phenoxy) is 2. The minimum atomic E-state index is 0.0134. The van der Waals surface area contributed by atoms with E-state index in [-0.39, 0.29) is 11.9 Å². The summed E-state index contributed by atoms with van der Waals surface area (Å²) < 4.78 is 11.6. The van der Waals surface area contributed by atoms with Crippen LogP contribution in [0.3, 0.4) is 0 Å². The standard InChI is InChI=1S/C14H18BrNO3/c1-3-11-9-19-7-6-16(11)14(17)12-5-4-10(15)8-13(12)18-2/h4-5,8,11H,3,6-7,9H2,1-2H3. The fourth-order valence-corrected chi connectivity index (χ4v) is 2.60. The molecular formula is C14H18BrNO3. The number of amides is 1. The number of carbonyl (C=O) groups excluding carboxylic acids is 1. The molecule has 5 heteroatoms. The van der Waals surface area contributed by atoms with Gasteiger partial charge in [0.25, 0.3) is 5.91 Å². The first-order valence-electron chi connectivity index (χ1n) is 6.39. The van der Waals surface area contributed by atoms with Crippen LogP contribution in [-0.2, 0) is 4.74 Å². The molecule has 1 heterocycles. The normalized spacial score (nSPS) is 19.3. The van der Waals surface area contributed by atoms with E-state index in [1.807, 2.05) is 17.0 Å². The first kappa shape index (κ1) is 14.3. The highest BCUT2D eigenvalue weighted by atomic mass is 79.9. The monoisotopic (exact) mass is 327 g/mol. The third kappa shape index (κ3) is 3.09. The van der Waals surface area contributed by atoms with Gasteiger partial charge >= 0.3 is 0 Å². The molecule has 4 nitrogen and oxygen atoms in total. The molecule has 1 aliphatic heterocycles. The van der Waals surface area contributed by atoms with Crippen molar-refractivity contribution in [3.05, 3.63) is 28.2 Å². The Bertz CT molecular complexity index is 464. The van der Waals surface area contributed by atoms with Crippen molar-refractivity contribution in [1.29, 1.82) is 0 Å². The molecule has 104 valence electrons. The largest absolute Gasteiger partial charge is 0.496 e. The predicted octanol–water partition coefficient (Wildman–Crippen LogP) is 2.71. The Morgan fingerprint density at radius 1 is 1.58 bits per heavy atom. The lowest BCUT2D eigenvalue weighted by Crippen LogP contribution is -2.48. The highest BCUT2D eigenvalue weighted by Crippen LogP contribution is 2.26. The number of rotatable bonds is 3. The van der Waals surface area contributed by atoms with Crippen molar-refractivity contribution in [1.82, 2.24) is 4.90 Å². The summed E-state index contributed by atoms with van der Waals surface area (Å²) in [5, 5.41) is 0. The van der Waals surface area contributed by atoms with Crippen molar-refractivity contribution in [3.8, 4) is 5.75 Å². The van der Waals surface area contributed by atoms with Gasteiger partial charge in [-0.3, -0.25) is 4.79 Å². The Hall–Kier alpha value is -1.07. The number of carbonyl (C=O) groups is 1. The summed E-state index contributed by atoms with van der Waals surface area (Å²) in [6.07, 6.45) is 0.893. The van der Waals surface area contributed by atoms with E-state index in [0.29, 0.717) is 31.1 Å². The van der Waals surface area contributed by atoms with E-state index in [9.17, 15) is 4.79 Å². The molecule has 0 N–H and O–H groups in total. The fraction of sp³-hybridized carbons (Fsp3) is 0.500. The van der Waals surface area contributed by atoms with Gasteiger partial charge in [0.15, 0.2) is 0 Å². The lowest BCUT2D eigenvalue weighted by Gasteiger charge is -2.35. The van der Waals surface area contributed by atoms with Crippen molar-refractivity contribution in [3.63, 3.8) is 0 Å². The van der Waals surface area contributed by atoms with E-state index in [0.717, 1.165) is 10.9 Å². The van der Waals surface area contributed by atoms with Crippen molar-refractivity contribution in [2.45, 2.75) is 19.4 Å². The highest BCUT2D eigenvalue weighted by molar-refractivity contribution is 9.10. The predicted molar refractivity (Wildman–Crippen MR) is 76.6 cm³/mol. The third-order valence-corrected chi connectivity index (χ3v) is 3.85. The molecule has 1 saturated heterocycles. The fourth-order valence-electron chi connectivity index (χ4n) is 2.26. The van der Waals surface area contributed by atoms with Crippen LogP contribution in [0.2, 0.25) is 0 Å². The lowest BCUT2D eigenvalue weighted by molar-refractivity contribution is -0.00294. The molecule has 0 spiro atoms. The van der Waals surface area contributed by atoms with Crippen molar-refractivity contribution in [2.24, 2.45) is 0 Å². The second-order valence-corrected chi connectivity index (χ2v) is 5.40. The van der Waals surface area contributed by atoms with Crippen LogP contribution in [0, 0.1) is 0 Å². The van der Waals surface area contributed by atoms with Crippen molar-refractivity contribution < 1.29 is 14.3 Å². The molecule has 1 atom stereocenters. The number of morpholine rings is 1. The second kappa shape index (κ2) is 6.39. The Morgan fingerprint density at radius 2 is 2.37 bits per heavy atom. The van der Waals surface area contributed by atoms with Crippen LogP contribution in [-0.4, -0.2) is 43.7 Å². The number of methoxy groups -OCH3 is 1. The average molecular weight is 328 g/mol. The third-order valence-electron chi connectivity index (χ3n) is 3.35. The summed E-state index contributed by atoms with van der Waals surface area (Å²) >= 11 is 3.38. The molecule has 0 bridgehead atoms. The molecule has 2 rings (SSSR count). The van der Waals surface area contributed by atoms with Crippen LogP contribution < -0.4 is 4.74 Å². The SMILES string of the molecule is CCC1COCCN1C(=O)c1ccc(Br)cc1OC. The van der Waals surface area contributed by atoms with Gasteiger partial charge in [0.2, 0.25) is 0 Å². The molecule has 1 aromatic rings. The van der Waals surface area contributed by atoms with Crippen LogP contribution in [0.25, 0.3) is 0 Å². The van der Waals surface area contributed by atoms with E-state index < -0.39 is 0 Å². The molecule has 0 radical (unpaired) electrons. The summed E-state index contributed by atoms with van der Waals surface area (Å²) in [5.74, 6) is 0.611. The van der Waals surface area contributed by atoms with Crippen LogP contribution in [0.1, 0.15) is 23.7 Å². The average Bonchev–Trinajstić information content (AvgIpc) is 2.46. The summed E-state index contributed by atoms with van der Waals surface area (Å²) in [5.41, 5.74) is 0.603. The molecule has 1 aromatic carbocycles. The molecular weight excluding hydrogens is 310 g/mol. The lowest BCUT2D eigenvalue weighted by atomic mass is 10.1. The van der Waals surface area contributed by atoms with E-state index in [1.54, 1.807) is 13.2 Å². The topological polar surface area (TPSA) is 38.8 Å². The molecule has 19 heavy (non-hydrogen) atoms. The van der Waals surface area contributed by atoms with E-state index in [2.05, 4.69) is 22.9 Å². The van der Waals surface area contributed by atoms with Crippen LogP contribution in [0.5, 0.6) is 5.75 Å². The Morgan fingerprint density at radius 3 is 3.05 bits per heavy atom. The minimum Gasteiger partial charge on any atom is -0.496 e. The van der Waals surface area contributed by atoms with E-state index in [4.69, 9.17) is 9.47 Å². The van der Waals surface area contributed by atoms with Crippen LogP contribution in [0.4, 0.5) is 0 Å². The summed E-state index contributed by atoms with van der Waals surface area (Å²) in [4.78, 5) is 14.5. The van der Waals surface area contributed by atoms with Crippen LogP contribution >= 0.6 is 15.9 Å². The Balaban J connectivity index is 2.27. The molecule has 1 fully saturated rings. The summed E-state index contributed by atoms with van der Waals surface area (Å²) in [7, 11) is 1.58. The molecule has 0 saturated carbocycles. The van der Waals surface area contributed by atoms with Gasteiger partial charge in [0.1, 0.15) is 5.75 Å². The van der Waals surface area contributed by atoms with Gasteiger partial charge in [-0.1, -0.05) is 22.9 Å². The molecule has 1 amide bonds. The summed E-state index contributed by atoms with van der Waals surface area (Å²) in [6, 6.07) is 5.62. The zero-order chi connectivity index (χ0) is 13.8. The quantitative estimate of drug-likeness (QED) is 0.856. The maximum Gasteiger partial charge on any atom is 0.258 e. The molecule has 1 aliphatic rings. The van der Waals surface area contributed by atoms with Gasteiger partial charge in [-0.05, 0) is 24.6 Å². The van der Waals surface area contributed by atoms with Gasteiger partial charge in [0.05, 0.1) is 31.9 Å². The Kier molecular flexibility index (Phi) is 4.82. The second-order valence-electron chi connectivity index (χ2n) is 4.48. The van der Waals surface area contributed by atoms with Gasteiger partial charge < -0.3 is 14.4 Å². The zero-order valence-corrected chi connectivity index (χ0v) is 12.8. The Labute approximate surface area is 121 Å². The molecule has 0 aliphatic carbocycles. The highest BCUT2D eigenvalue weighted by Gasteiger charge is 2.28. The molecule has 0 aromatic heterocycles. The zero-order valence-electron chi connectivity index (χ0n) is 11.2. The maximum atomic E-state index is 12.6. The van der Waals surface area contributed by atoms with Crippen molar-refractivity contribution in [2.75, 3.05) is 26.9 Å². The van der Waals surface area contributed by atoms with Gasteiger partial charge in [-0.25, -0.2) is 0 Å². The van der Waals surface area contributed by atoms with Crippen LogP contribution in [0.15, 0.2) is 22.7 Å². The number of halogens is 1. The summed E-state index contributed by atoms with van der Waals surface area (Å²) in [6.45, 7) is 3.91. The first-order chi connectivity index (χ1) is 9.17. The smallest absolute Gasteiger partial charge is 0.258 e. The maximum absolute atomic E-state index is 12.6. The first-order valence-corrected chi connectivity index (χ1v) is 7.19. The van der Waals surface area contributed by atoms with Crippen molar-refractivity contribution >= 4 is 21.8 Å². The number of hydrogen-bond donors (Lipinski definition) is 0. The minimum absolute atomic E-state index is 0.0134. The van der Waals surface area contributed by atoms with E-state index >= 15 is 0 Å².